The minimum Gasteiger partial charge on any atom is -0.504 e. The van der Waals surface area contributed by atoms with Gasteiger partial charge >= 0.3 is 0 Å². The average molecular weight is 299 g/mol. The Hall–Kier alpha value is -2.47. The van der Waals surface area contributed by atoms with Crippen LogP contribution in [0.2, 0.25) is 0 Å². The van der Waals surface area contributed by atoms with E-state index in [-0.39, 0.29) is 5.75 Å². The van der Waals surface area contributed by atoms with Crippen LogP contribution in [0.1, 0.15) is 5.56 Å². The molecule has 5 nitrogen and oxygen atoms in total. The minimum absolute atomic E-state index is 0.102. The number of rotatable bonds is 4. The van der Waals surface area contributed by atoms with Crippen LogP contribution < -0.4 is 4.74 Å². The van der Waals surface area contributed by atoms with Crippen molar-refractivity contribution in [3.05, 3.63) is 48.0 Å². The highest BCUT2D eigenvalue weighted by atomic mass is 32.1. The van der Waals surface area contributed by atoms with E-state index in [4.69, 9.17) is 4.74 Å². The van der Waals surface area contributed by atoms with E-state index in [1.54, 1.807) is 12.1 Å². The lowest BCUT2D eigenvalue weighted by Crippen LogP contribution is -1.86. The number of azo groups is 1. The third-order valence-corrected chi connectivity index (χ3v) is 3.86. The lowest BCUT2D eigenvalue weighted by Gasteiger charge is -2.03. The summed E-state index contributed by atoms with van der Waals surface area (Å²) in [5.74, 6) is 0.548. The smallest absolute Gasteiger partial charge is 0.230 e. The molecule has 6 heteroatoms. The van der Waals surface area contributed by atoms with Gasteiger partial charge in [-0.25, -0.2) is 4.98 Å². The SMILES string of the molecule is COc1ccc(CN=Nc2nc3ccccc3s2)cc1O. The monoisotopic (exact) mass is 299 g/mol. The second kappa shape index (κ2) is 5.88. The van der Waals surface area contributed by atoms with E-state index in [1.807, 2.05) is 30.3 Å². The topological polar surface area (TPSA) is 67.1 Å². The Morgan fingerprint density at radius 1 is 1.24 bits per heavy atom. The molecule has 106 valence electrons. The van der Waals surface area contributed by atoms with Gasteiger partial charge in [0.1, 0.15) is 0 Å². The standard InChI is InChI=1S/C15H13N3O2S/c1-20-13-7-6-10(8-12(13)19)9-16-18-15-17-11-4-2-3-5-14(11)21-15/h2-8,19H,9H2,1H3. The van der Waals surface area contributed by atoms with E-state index in [0.717, 1.165) is 15.8 Å². The van der Waals surface area contributed by atoms with Crippen LogP contribution in [0.15, 0.2) is 52.7 Å². The zero-order chi connectivity index (χ0) is 14.7. The predicted octanol–water partition coefficient (Wildman–Crippen LogP) is 4.29. The van der Waals surface area contributed by atoms with E-state index < -0.39 is 0 Å². The molecule has 0 bridgehead atoms. The molecule has 0 saturated heterocycles. The Bertz CT molecular complexity index is 765. The summed E-state index contributed by atoms with van der Waals surface area (Å²) in [6.45, 7) is 0.382. The summed E-state index contributed by atoms with van der Waals surface area (Å²) < 4.78 is 6.09. The number of phenols is 1. The van der Waals surface area contributed by atoms with Gasteiger partial charge in [0.15, 0.2) is 11.5 Å². The number of benzene rings is 2. The van der Waals surface area contributed by atoms with E-state index in [0.29, 0.717) is 17.4 Å². The quantitative estimate of drug-likeness (QED) is 0.730. The number of hydrogen-bond donors (Lipinski definition) is 1. The maximum atomic E-state index is 9.70. The van der Waals surface area contributed by atoms with Crippen molar-refractivity contribution in [1.82, 2.24) is 4.98 Å². The van der Waals surface area contributed by atoms with Crippen LogP contribution in [0.25, 0.3) is 10.2 Å². The molecule has 0 aliphatic heterocycles. The second-order valence-electron chi connectivity index (χ2n) is 4.37. The van der Waals surface area contributed by atoms with Gasteiger partial charge < -0.3 is 9.84 Å². The molecule has 21 heavy (non-hydrogen) atoms. The van der Waals surface area contributed by atoms with Crippen molar-refractivity contribution in [2.24, 2.45) is 10.2 Å². The number of thiazole rings is 1. The van der Waals surface area contributed by atoms with Gasteiger partial charge in [0, 0.05) is 0 Å². The molecule has 0 radical (unpaired) electrons. The third-order valence-electron chi connectivity index (χ3n) is 2.94. The largest absolute Gasteiger partial charge is 0.504 e. The molecular weight excluding hydrogens is 286 g/mol. The highest BCUT2D eigenvalue weighted by Gasteiger charge is 2.03. The summed E-state index contributed by atoms with van der Waals surface area (Å²) in [6.07, 6.45) is 0. The summed E-state index contributed by atoms with van der Waals surface area (Å²) in [7, 11) is 1.52. The fraction of sp³-hybridized carbons (Fsp3) is 0.133. The Morgan fingerprint density at radius 3 is 2.86 bits per heavy atom. The van der Waals surface area contributed by atoms with Crippen molar-refractivity contribution in [1.29, 1.82) is 0 Å². The molecule has 0 saturated carbocycles. The van der Waals surface area contributed by atoms with Crippen LogP contribution in [0, 0.1) is 0 Å². The molecule has 0 amide bonds. The van der Waals surface area contributed by atoms with Crippen LogP contribution in [-0.4, -0.2) is 17.2 Å². The highest BCUT2D eigenvalue weighted by molar-refractivity contribution is 7.21. The first-order chi connectivity index (χ1) is 10.3. The maximum absolute atomic E-state index is 9.70. The zero-order valence-corrected chi connectivity index (χ0v) is 12.2. The second-order valence-corrected chi connectivity index (χ2v) is 5.38. The number of para-hydroxylation sites is 1. The maximum Gasteiger partial charge on any atom is 0.230 e. The number of aromatic hydroxyl groups is 1. The van der Waals surface area contributed by atoms with Crippen LogP contribution in [-0.2, 0) is 6.54 Å². The number of fused-ring (bicyclic) bond motifs is 1. The number of nitrogens with zero attached hydrogens (tertiary/aromatic N) is 3. The molecule has 2 aromatic carbocycles. The van der Waals surface area contributed by atoms with Crippen LogP contribution in [0.4, 0.5) is 5.13 Å². The molecule has 1 N–H and O–H groups in total. The Labute approximate surface area is 125 Å². The number of hydrogen-bond acceptors (Lipinski definition) is 6. The van der Waals surface area contributed by atoms with E-state index in [2.05, 4.69) is 15.2 Å². The van der Waals surface area contributed by atoms with Gasteiger partial charge in [0.05, 0.1) is 23.9 Å². The molecule has 1 heterocycles. The Kier molecular flexibility index (Phi) is 3.79. The molecule has 3 aromatic rings. The summed E-state index contributed by atoms with van der Waals surface area (Å²) >= 11 is 1.50. The molecular formula is C15H13N3O2S. The summed E-state index contributed by atoms with van der Waals surface area (Å²) in [5, 5.41) is 18.6. The van der Waals surface area contributed by atoms with Crippen molar-refractivity contribution in [3.63, 3.8) is 0 Å². The Balaban J connectivity index is 1.73. The van der Waals surface area contributed by atoms with E-state index in [9.17, 15) is 5.11 Å². The number of aromatic nitrogens is 1. The van der Waals surface area contributed by atoms with Crippen molar-refractivity contribution < 1.29 is 9.84 Å². The first-order valence-corrected chi connectivity index (χ1v) is 7.17. The van der Waals surface area contributed by atoms with Gasteiger partial charge in [-0.1, -0.05) is 29.5 Å². The predicted molar refractivity (Wildman–Crippen MR) is 82.5 cm³/mol. The average Bonchev–Trinajstić information content (AvgIpc) is 2.90. The number of ether oxygens (including phenoxy) is 1. The highest BCUT2D eigenvalue weighted by Crippen LogP contribution is 2.29. The molecule has 0 atom stereocenters. The van der Waals surface area contributed by atoms with Gasteiger partial charge in [-0.3, -0.25) is 0 Å². The zero-order valence-electron chi connectivity index (χ0n) is 11.4. The van der Waals surface area contributed by atoms with Crippen molar-refractivity contribution in [2.75, 3.05) is 7.11 Å². The van der Waals surface area contributed by atoms with Crippen molar-refractivity contribution in [3.8, 4) is 11.5 Å². The molecule has 0 spiro atoms. The molecule has 0 fully saturated rings. The van der Waals surface area contributed by atoms with Gasteiger partial charge in [-0.05, 0) is 29.8 Å². The van der Waals surface area contributed by atoms with E-state index in [1.165, 1.54) is 18.4 Å². The summed E-state index contributed by atoms with van der Waals surface area (Å²) in [4.78, 5) is 4.38. The minimum atomic E-state index is 0.102. The summed E-state index contributed by atoms with van der Waals surface area (Å²) in [6, 6.07) is 13.1. The number of methoxy groups -OCH3 is 1. The van der Waals surface area contributed by atoms with E-state index >= 15 is 0 Å². The fourth-order valence-electron chi connectivity index (χ4n) is 1.91. The molecule has 1 aromatic heterocycles. The van der Waals surface area contributed by atoms with Crippen molar-refractivity contribution >= 4 is 26.7 Å². The summed E-state index contributed by atoms with van der Waals surface area (Å²) in [5.41, 5.74) is 1.79. The van der Waals surface area contributed by atoms with Gasteiger partial charge in [-0.2, -0.15) is 5.11 Å². The van der Waals surface area contributed by atoms with Crippen LogP contribution in [0.5, 0.6) is 11.5 Å². The lowest BCUT2D eigenvalue weighted by molar-refractivity contribution is 0.373. The third kappa shape index (κ3) is 3.00. The molecule has 3 rings (SSSR count). The molecule has 0 aliphatic rings. The Morgan fingerprint density at radius 2 is 2.10 bits per heavy atom. The first-order valence-electron chi connectivity index (χ1n) is 6.35. The lowest BCUT2D eigenvalue weighted by atomic mass is 10.2. The molecule has 0 unspecified atom stereocenters. The van der Waals surface area contributed by atoms with Crippen molar-refractivity contribution in [2.45, 2.75) is 6.54 Å². The molecule has 0 aliphatic carbocycles. The van der Waals surface area contributed by atoms with Gasteiger partial charge in [0.25, 0.3) is 0 Å². The van der Waals surface area contributed by atoms with Crippen LogP contribution >= 0.6 is 11.3 Å². The van der Waals surface area contributed by atoms with Gasteiger partial charge in [0.2, 0.25) is 5.13 Å². The normalized spacial score (nSPS) is 11.3. The van der Waals surface area contributed by atoms with Crippen LogP contribution in [0.3, 0.4) is 0 Å². The fourth-order valence-corrected chi connectivity index (χ4v) is 2.72. The first kappa shape index (κ1) is 13.5. The van der Waals surface area contributed by atoms with Gasteiger partial charge in [-0.15, -0.1) is 5.11 Å². The number of phenolic OH excluding ortho intramolecular Hbond substituents is 1.